The molecule has 2 aromatic carbocycles. The van der Waals surface area contributed by atoms with Gasteiger partial charge in [-0.15, -0.1) is 0 Å². The Hall–Kier alpha value is -2.53. The molecule has 0 bridgehead atoms. The van der Waals surface area contributed by atoms with E-state index in [4.69, 9.17) is 16.3 Å². The van der Waals surface area contributed by atoms with E-state index < -0.39 is 0 Å². The zero-order chi connectivity index (χ0) is 19.2. The molecule has 3 rings (SSSR count). The third-order valence-corrected chi connectivity index (χ3v) is 5.02. The van der Waals surface area contributed by atoms with E-state index in [0.29, 0.717) is 28.3 Å². The van der Waals surface area contributed by atoms with Crippen molar-refractivity contribution in [3.8, 4) is 5.75 Å². The first-order chi connectivity index (χ1) is 13.0. The predicted molar refractivity (Wildman–Crippen MR) is 105 cm³/mol. The van der Waals surface area contributed by atoms with Gasteiger partial charge < -0.3 is 15.4 Å². The van der Waals surface area contributed by atoms with Gasteiger partial charge >= 0.3 is 0 Å². The Bertz CT molecular complexity index is 807. The summed E-state index contributed by atoms with van der Waals surface area (Å²) in [5, 5.41) is 6.67. The molecule has 0 saturated heterocycles. The van der Waals surface area contributed by atoms with E-state index >= 15 is 0 Å². The van der Waals surface area contributed by atoms with Crippen molar-refractivity contribution in [2.75, 3.05) is 7.11 Å². The van der Waals surface area contributed by atoms with E-state index in [1.165, 1.54) is 0 Å². The SMILES string of the molecule is COc1ccc(C(=O)N[C@@H]2CCC[C@@H](NC(=O)c3cccc(Cl)c3)C2)cc1. The molecule has 2 N–H and O–H groups in total. The number of halogens is 1. The van der Waals surface area contributed by atoms with Gasteiger partial charge in [-0.2, -0.15) is 0 Å². The molecule has 1 saturated carbocycles. The summed E-state index contributed by atoms with van der Waals surface area (Å²) < 4.78 is 5.11. The highest BCUT2D eigenvalue weighted by Gasteiger charge is 2.25. The second-order valence-electron chi connectivity index (χ2n) is 6.75. The summed E-state index contributed by atoms with van der Waals surface area (Å²) in [4.78, 5) is 24.9. The Morgan fingerprint density at radius 3 is 2.19 bits per heavy atom. The van der Waals surface area contributed by atoms with Crippen LogP contribution in [0.2, 0.25) is 5.02 Å². The third kappa shape index (κ3) is 5.23. The lowest BCUT2D eigenvalue weighted by atomic mass is 9.90. The fraction of sp³-hybridized carbons (Fsp3) is 0.333. The second kappa shape index (κ2) is 8.91. The Balaban J connectivity index is 1.55. The summed E-state index contributed by atoms with van der Waals surface area (Å²) in [5.41, 5.74) is 1.15. The number of methoxy groups -OCH3 is 1. The Morgan fingerprint density at radius 2 is 1.59 bits per heavy atom. The maximum absolute atomic E-state index is 12.4. The number of ether oxygens (including phenoxy) is 1. The number of nitrogens with one attached hydrogen (secondary N) is 2. The topological polar surface area (TPSA) is 67.4 Å². The van der Waals surface area contributed by atoms with Crippen molar-refractivity contribution in [1.29, 1.82) is 0 Å². The molecule has 0 heterocycles. The number of rotatable bonds is 5. The van der Waals surface area contributed by atoms with Crippen molar-refractivity contribution < 1.29 is 14.3 Å². The molecule has 27 heavy (non-hydrogen) atoms. The number of benzene rings is 2. The Labute approximate surface area is 164 Å². The summed E-state index contributed by atoms with van der Waals surface area (Å²) in [5.74, 6) is 0.474. The van der Waals surface area contributed by atoms with Crippen molar-refractivity contribution in [3.63, 3.8) is 0 Å². The first-order valence-corrected chi connectivity index (χ1v) is 9.44. The molecule has 0 radical (unpaired) electrons. The maximum Gasteiger partial charge on any atom is 0.251 e. The smallest absolute Gasteiger partial charge is 0.251 e. The molecule has 0 aromatic heterocycles. The lowest BCUT2D eigenvalue weighted by molar-refractivity contribution is 0.0903. The molecule has 6 heteroatoms. The highest BCUT2D eigenvalue weighted by atomic mass is 35.5. The fourth-order valence-electron chi connectivity index (χ4n) is 3.36. The quantitative estimate of drug-likeness (QED) is 0.820. The average Bonchev–Trinajstić information content (AvgIpc) is 2.68. The summed E-state index contributed by atoms with van der Waals surface area (Å²) in [6.45, 7) is 0. The minimum atomic E-state index is -0.135. The van der Waals surface area contributed by atoms with Gasteiger partial charge in [-0.3, -0.25) is 9.59 Å². The number of hydrogen-bond donors (Lipinski definition) is 2. The van der Waals surface area contributed by atoms with Gasteiger partial charge in [0.25, 0.3) is 11.8 Å². The lowest BCUT2D eigenvalue weighted by Crippen LogP contribution is -2.45. The van der Waals surface area contributed by atoms with Crippen molar-refractivity contribution in [3.05, 3.63) is 64.7 Å². The minimum Gasteiger partial charge on any atom is -0.497 e. The molecule has 1 aliphatic rings. The number of amides is 2. The Kier molecular flexibility index (Phi) is 6.35. The average molecular weight is 387 g/mol. The predicted octanol–water partition coefficient (Wildman–Crippen LogP) is 3.82. The molecule has 142 valence electrons. The van der Waals surface area contributed by atoms with E-state index in [1.807, 2.05) is 0 Å². The van der Waals surface area contributed by atoms with Crippen LogP contribution in [0, 0.1) is 0 Å². The van der Waals surface area contributed by atoms with Crippen LogP contribution in [-0.4, -0.2) is 31.0 Å². The van der Waals surface area contributed by atoms with Gasteiger partial charge in [0.1, 0.15) is 5.75 Å². The van der Waals surface area contributed by atoms with E-state index in [9.17, 15) is 9.59 Å². The van der Waals surface area contributed by atoms with Gasteiger partial charge in [0.15, 0.2) is 0 Å². The summed E-state index contributed by atoms with van der Waals surface area (Å²) in [7, 11) is 1.59. The number of carbonyl (C=O) groups is 2. The molecule has 2 amide bonds. The van der Waals surface area contributed by atoms with Gasteiger partial charge in [-0.05, 0) is 68.1 Å². The van der Waals surface area contributed by atoms with E-state index in [0.717, 1.165) is 19.3 Å². The summed E-state index contributed by atoms with van der Waals surface area (Å²) >= 11 is 5.95. The van der Waals surface area contributed by atoms with Crippen LogP contribution in [0.25, 0.3) is 0 Å². The van der Waals surface area contributed by atoms with Gasteiger partial charge in [-0.25, -0.2) is 0 Å². The molecule has 2 atom stereocenters. The van der Waals surface area contributed by atoms with Gasteiger partial charge in [0.05, 0.1) is 7.11 Å². The lowest BCUT2D eigenvalue weighted by Gasteiger charge is -2.30. The first-order valence-electron chi connectivity index (χ1n) is 9.06. The largest absolute Gasteiger partial charge is 0.497 e. The number of hydrogen-bond acceptors (Lipinski definition) is 3. The van der Waals surface area contributed by atoms with Crippen molar-refractivity contribution in [2.45, 2.75) is 37.8 Å². The van der Waals surface area contributed by atoms with Crippen LogP contribution in [0.15, 0.2) is 48.5 Å². The molecular weight excluding hydrogens is 364 g/mol. The minimum absolute atomic E-state index is 0.0337. The summed E-state index contributed by atoms with van der Waals surface area (Å²) in [6.07, 6.45) is 3.48. The van der Waals surface area contributed by atoms with Crippen LogP contribution in [0.5, 0.6) is 5.75 Å². The molecule has 2 aromatic rings. The standard InChI is InChI=1S/C21H23ClN2O3/c1-27-19-10-8-14(9-11-19)20(25)23-17-6-3-7-18(13-17)24-21(26)15-4-2-5-16(22)12-15/h2,4-5,8-12,17-18H,3,6-7,13H2,1H3,(H,23,25)(H,24,26)/t17-,18-/m1/s1. The summed E-state index contributed by atoms with van der Waals surface area (Å²) in [6, 6.07) is 14.0. The van der Waals surface area contributed by atoms with Crippen molar-refractivity contribution >= 4 is 23.4 Å². The van der Waals surface area contributed by atoms with Crippen LogP contribution in [0.4, 0.5) is 0 Å². The van der Waals surface area contributed by atoms with Crippen molar-refractivity contribution in [1.82, 2.24) is 10.6 Å². The van der Waals surface area contributed by atoms with Crippen LogP contribution < -0.4 is 15.4 Å². The van der Waals surface area contributed by atoms with Crippen molar-refractivity contribution in [2.24, 2.45) is 0 Å². The molecule has 5 nitrogen and oxygen atoms in total. The number of carbonyl (C=O) groups excluding carboxylic acids is 2. The van der Waals surface area contributed by atoms with Crippen LogP contribution in [0.3, 0.4) is 0 Å². The molecule has 0 unspecified atom stereocenters. The highest BCUT2D eigenvalue weighted by Crippen LogP contribution is 2.20. The van der Waals surface area contributed by atoms with E-state index in [1.54, 1.807) is 55.6 Å². The molecule has 1 fully saturated rings. The molecular formula is C21H23ClN2O3. The van der Waals surface area contributed by atoms with E-state index in [-0.39, 0.29) is 23.9 Å². The maximum atomic E-state index is 12.4. The van der Waals surface area contributed by atoms with Crippen LogP contribution >= 0.6 is 11.6 Å². The van der Waals surface area contributed by atoms with Crippen LogP contribution in [0.1, 0.15) is 46.4 Å². The van der Waals surface area contributed by atoms with Gasteiger partial charge in [-0.1, -0.05) is 17.7 Å². The fourth-order valence-corrected chi connectivity index (χ4v) is 3.55. The Morgan fingerprint density at radius 1 is 0.963 bits per heavy atom. The monoisotopic (exact) mass is 386 g/mol. The third-order valence-electron chi connectivity index (χ3n) is 4.78. The molecule has 0 aliphatic heterocycles. The van der Waals surface area contributed by atoms with Gasteiger partial charge in [0.2, 0.25) is 0 Å². The zero-order valence-corrected chi connectivity index (χ0v) is 16.0. The molecule has 1 aliphatic carbocycles. The van der Waals surface area contributed by atoms with E-state index in [2.05, 4.69) is 10.6 Å². The van der Waals surface area contributed by atoms with Gasteiger partial charge in [0, 0.05) is 28.2 Å². The molecule has 0 spiro atoms. The normalized spacial score (nSPS) is 19.2. The zero-order valence-electron chi connectivity index (χ0n) is 15.2. The second-order valence-corrected chi connectivity index (χ2v) is 7.18. The van der Waals surface area contributed by atoms with Crippen LogP contribution in [-0.2, 0) is 0 Å². The first kappa shape index (κ1) is 19.2. The highest BCUT2D eigenvalue weighted by molar-refractivity contribution is 6.30.